The number of nitrogens with one attached hydrogen (secondary N) is 3. The Morgan fingerprint density at radius 1 is 1.10 bits per heavy atom. The SMILES string of the molecule is CNC(=O)Nc1ccc(-c2ccc(NCC[C@H](F)Cc3ncccc3F)nn2)cc1. The van der Waals surface area contributed by atoms with E-state index in [1.165, 1.54) is 18.3 Å². The lowest BCUT2D eigenvalue weighted by atomic mass is 10.1. The molecular weight excluding hydrogens is 390 g/mol. The first-order valence-electron chi connectivity index (χ1n) is 9.45. The predicted molar refractivity (Wildman–Crippen MR) is 111 cm³/mol. The number of nitrogens with zero attached hydrogens (tertiary/aromatic N) is 3. The Balaban J connectivity index is 1.48. The highest BCUT2D eigenvalue weighted by Gasteiger charge is 2.12. The molecule has 3 aromatic rings. The minimum Gasteiger partial charge on any atom is -0.368 e. The lowest BCUT2D eigenvalue weighted by molar-refractivity contribution is 0.254. The Morgan fingerprint density at radius 2 is 1.90 bits per heavy atom. The molecule has 0 saturated heterocycles. The summed E-state index contributed by atoms with van der Waals surface area (Å²) in [5.74, 6) is 0.0277. The van der Waals surface area contributed by atoms with Gasteiger partial charge in [0.15, 0.2) is 0 Å². The van der Waals surface area contributed by atoms with Crippen molar-refractivity contribution in [3.8, 4) is 11.3 Å². The Kier molecular flexibility index (Phi) is 7.20. The van der Waals surface area contributed by atoms with E-state index in [2.05, 4.69) is 31.1 Å². The maximum absolute atomic E-state index is 14.1. The highest BCUT2D eigenvalue weighted by atomic mass is 19.1. The largest absolute Gasteiger partial charge is 0.368 e. The number of anilines is 2. The smallest absolute Gasteiger partial charge is 0.318 e. The maximum atomic E-state index is 14.1. The van der Waals surface area contributed by atoms with Crippen LogP contribution in [0.15, 0.2) is 54.7 Å². The quantitative estimate of drug-likeness (QED) is 0.523. The molecule has 2 amide bonds. The fourth-order valence-electron chi connectivity index (χ4n) is 2.74. The zero-order valence-electron chi connectivity index (χ0n) is 16.4. The third-order valence-corrected chi connectivity index (χ3v) is 4.34. The predicted octanol–water partition coefficient (Wildman–Crippen LogP) is 3.81. The molecule has 0 aliphatic heterocycles. The van der Waals surface area contributed by atoms with E-state index in [1.54, 1.807) is 31.3 Å². The molecule has 0 bridgehead atoms. The van der Waals surface area contributed by atoms with E-state index in [0.29, 0.717) is 23.7 Å². The topological polar surface area (TPSA) is 91.8 Å². The van der Waals surface area contributed by atoms with Crippen molar-refractivity contribution in [1.82, 2.24) is 20.5 Å². The van der Waals surface area contributed by atoms with Crippen molar-refractivity contribution in [2.45, 2.75) is 19.0 Å². The lowest BCUT2D eigenvalue weighted by Gasteiger charge is -2.10. The summed E-state index contributed by atoms with van der Waals surface area (Å²) in [6.07, 6.45) is 0.367. The number of amides is 2. The number of halogens is 2. The van der Waals surface area contributed by atoms with E-state index >= 15 is 0 Å². The Labute approximate surface area is 173 Å². The zero-order valence-corrected chi connectivity index (χ0v) is 16.4. The van der Waals surface area contributed by atoms with Crippen LogP contribution in [0.4, 0.5) is 25.1 Å². The van der Waals surface area contributed by atoms with Crippen LogP contribution in [-0.4, -0.2) is 41.0 Å². The van der Waals surface area contributed by atoms with Crippen LogP contribution in [0.2, 0.25) is 0 Å². The third-order valence-electron chi connectivity index (χ3n) is 4.34. The second-order valence-corrected chi connectivity index (χ2v) is 6.53. The van der Waals surface area contributed by atoms with E-state index < -0.39 is 12.0 Å². The van der Waals surface area contributed by atoms with E-state index in [1.807, 2.05) is 12.1 Å². The number of benzene rings is 1. The number of carbonyl (C=O) groups is 1. The van der Waals surface area contributed by atoms with Gasteiger partial charge in [0.25, 0.3) is 0 Å². The van der Waals surface area contributed by atoms with Crippen molar-refractivity contribution >= 4 is 17.5 Å². The van der Waals surface area contributed by atoms with Crippen molar-refractivity contribution < 1.29 is 13.6 Å². The Hall–Kier alpha value is -3.62. The molecule has 0 unspecified atom stereocenters. The summed E-state index contributed by atoms with van der Waals surface area (Å²) < 4.78 is 27.6. The van der Waals surface area contributed by atoms with E-state index in [-0.39, 0.29) is 24.6 Å². The van der Waals surface area contributed by atoms with Crippen LogP contribution in [0.5, 0.6) is 0 Å². The van der Waals surface area contributed by atoms with Gasteiger partial charge in [-0.1, -0.05) is 12.1 Å². The first-order valence-corrected chi connectivity index (χ1v) is 9.45. The number of rotatable bonds is 8. The maximum Gasteiger partial charge on any atom is 0.318 e. The van der Waals surface area contributed by atoms with Crippen LogP contribution >= 0.6 is 0 Å². The molecular formula is C21H22F2N6O. The normalized spacial score (nSPS) is 11.6. The molecule has 30 heavy (non-hydrogen) atoms. The number of hydrogen-bond donors (Lipinski definition) is 3. The minimum absolute atomic E-state index is 0.0657. The highest BCUT2D eigenvalue weighted by Crippen LogP contribution is 2.20. The average molecular weight is 412 g/mol. The van der Waals surface area contributed by atoms with E-state index in [9.17, 15) is 13.6 Å². The second kappa shape index (κ2) is 10.2. The second-order valence-electron chi connectivity index (χ2n) is 6.53. The van der Waals surface area contributed by atoms with E-state index in [4.69, 9.17) is 0 Å². The number of hydrogen-bond acceptors (Lipinski definition) is 5. The third kappa shape index (κ3) is 5.94. The van der Waals surface area contributed by atoms with Gasteiger partial charge in [0.2, 0.25) is 0 Å². The molecule has 2 heterocycles. The summed E-state index contributed by atoms with van der Waals surface area (Å²) in [7, 11) is 1.54. The summed E-state index contributed by atoms with van der Waals surface area (Å²) >= 11 is 0. The molecule has 0 fully saturated rings. The van der Waals surface area contributed by atoms with Gasteiger partial charge in [-0.15, -0.1) is 10.2 Å². The molecule has 0 aliphatic rings. The average Bonchev–Trinajstić information content (AvgIpc) is 2.76. The van der Waals surface area contributed by atoms with Gasteiger partial charge in [-0.25, -0.2) is 13.6 Å². The molecule has 1 aromatic carbocycles. The zero-order chi connectivity index (χ0) is 21.3. The van der Waals surface area contributed by atoms with Crippen LogP contribution in [0.25, 0.3) is 11.3 Å². The lowest BCUT2D eigenvalue weighted by Crippen LogP contribution is -2.24. The van der Waals surface area contributed by atoms with Crippen molar-refractivity contribution in [2.75, 3.05) is 24.2 Å². The van der Waals surface area contributed by atoms with Crippen molar-refractivity contribution in [1.29, 1.82) is 0 Å². The van der Waals surface area contributed by atoms with Gasteiger partial charge in [0.05, 0.1) is 11.4 Å². The number of pyridine rings is 1. The van der Waals surface area contributed by atoms with Crippen LogP contribution < -0.4 is 16.0 Å². The Bertz CT molecular complexity index is 966. The van der Waals surface area contributed by atoms with Gasteiger partial charge < -0.3 is 16.0 Å². The highest BCUT2D eigenvalue weighted by molar-refractivity contribution is 5.89. The van der Waals surface area contributed by atoms with Crippen LogP contribution in [-0.2, 0) is 6.42 Å². The number of aromatic nitrogens is 3. The number of urea groups is 1. The van der Waals surface area contributed by atoms with Crippen molar-refractivity contribution in [3.63, 3.8) is 0 Å². The van der Waals surface area contributed by atoms with Crippen molar-refractivity contribution in [3.05, 3.63) is 66.2 Å². The van der Waals surface area contributed by atoms with Crippen molar-refractivity contribution in [2.24, 2.45) is 0 Å². The summed E-state index contributed by atoms with van der Waals surface area (Å²) in [6, 6.07) is 13.2. The molecule has 9 heteroatoms. The van der Waals surface area contributed by atoms with Crippen LogP contribution in [0.1, 0.15) is 12.1 Å². The van der Waals surface area contributed by atoms with Gasteiger partial charge in [0, 0.05) is 37.5 Å². The molecule has 1 atom stereocenters. The molecule has 0 radical (unpaired) electrons. The molecule has 3 rings (SSSR count). The molecule has 3 N–H and O–H groups in total. The number of carbonyl (C=O) groups excluding carboxylic acids is 1. The summed E-state index contributed by atoms with van der Waals surface area (Å²) in [5, 5.41) is 16.4. The monoisotopic (exact) mass is 412 g/mol. The number of alkyl halides is 1. The van der Waals surface area contributed by atoms with Gasteiger partial charge in [0.1, 0.15) is 17.8 Å². The molecule has 2 aromatic heterocycles. The van der Waals surface area contributed by atoms with Gasteiger partial charge in [-0.3, -0.25) is 4.98 Å². The van der Waals surface area contributed by atoms with Crippen LogP contribution in [0, 0.1) is 5.82 Å². The van der Waals surface area contributed by atoms with E-state index in [0.717, 1.165) is 5.56 Å². The van der Waals surface area contributed by atoms with Gasteiger partial charge in [-0.05, 0) is 42.8 Å². The molecule has 0 saturated carbocycles. The Morgan fingerprint density at radius 3 is 2.57 bits per heavy atom. The molecule has 7 nitrogen and oxygen atoms in total. The molecule has 156 valence electrons. The summed E-state index contributed by atoms with van der Waals surface area (Å²) in [5.41, 5.74) is 2.31. The summed E-state index contributed by atoms with van der Waals surface area (Å²) in [4.78, 5) is 15.2. The fraction of sp³-hybridized carbons (Fsp3) is 0.238. The minimum atomic E-state index is -1.21. The first-order chi connectivity index (χ1) is 14.5. The molecule has 0 spiro atoms. The van der Waals surface area contributed by atoms with Gasteiger partial charge >= 0.3 is 6.03 Å². The first kappa shape index (κ1) is 21.1. The molecule has 0 aliphatic carbocycles. The van der Waals surface area contributed by atoms with Gasteiger partial charge in [-0.2, -0.15) is 0 Å². The summed E-state index contributed by atoms with van der Waals surface area (Å²) in [6.45, 7) is 0.337. The van der Waals surface area contributed by atoms with Crippen LogP contribution in [0.3, 0.4) is 0 Å². The standard InChI is InChI=1S/C21H22F2N6O/c1-24-21(30)27-16-6-4-14(5-7-16)18-8-9-20(29-28-18)26-12-10-15(22)13-19-17(23)3-2-11-25-19/h2-9,11,15H,10,12-13H2,1H3,(H,26,29)(H2,24,27,30)/t15-/m0/s1. The fourth-order valence-corrected chi connectivity index (χ4v) is 2.74.